The van der Waals surface area contributed by atoms with Gasteiger partial charge in [0.25, 0.3) is 0 Å². The topological polar surface area (TPSA) is 54.5 Å². The van der Waals surface area contributed by atoms with Gasteiger partial charge in [0.05, 0.1) is 5.25 Å². The Kier molecular flexibility index (Phi) is 2.83. The Bertz CT molecular complexity index is 207. The van der Waals surface area contributed by atoms with Crippen LogP contribution >= 0.6 is 0 Å². The first kappa shape index (κ1) is 9.42. The van der Waals surface area contributed by atoms with Crippen LogP contribution in [0.2, 0.25) is 0 Å². The van der Waals surface area contributed by atoms with Crippen LogP contribution in [-0.4, -0.2) is 31.4 Å². The fraction of sp³-hybridized carbons (Fsp3) is 0.800. The fourth-order valence-corrected chi connectivity index (χ4v) is 1.18. The number of amides is 1. The molecule has 0 atom stereocenters. The van der Waals surface area contributed by atoms with E-state index in [1.807, 2.05) is 0 Å². The predicted molar refractivity (Wildman–Crippen MR) is 37.9 cm³/mol. The van der Waals surface area contributed by atoms with Crippen molar-refractivity contribution >= 4 is 16.4 Å². The molecule has 0 bridgehead atoms. The highest BCUT2D eigenvalue weighted by atomic mass is 32.2. The van der Waals surface area contributed by atoms with Crippen LogP contribution in [0.4, 0.5) is 0 Å². The van der Waals surface area contributed by atoms with Crippen LogP contribution in [0.5, 0.6) is 0 Å². The summed E-state index contributed by atoms with van der Waals surface area (Å²) in [7, 11) is -2.14. The molecule has 0 aromatic heterocycles. The lowest BCUT2D eigenvalue weighted by atomic mass is 10.6. The Morgan fingerprint density at radius 3 is 1.90 bits per heavy atom. The molecule has 0 aliphatic carbocycles. The summed E-state index contributed by atoms with van der Waals surface area (Å²) in [4.78, 5) is 10.0. The zero-order valence-electron chi connectivity index (χ0n) is 6.23. The average Bonchev–Trinajstić information content (AvgIpc) is 1.86. The van der Waals surface area contributed by atoms with E-state index in [1.54, 1.807) is 0 Å². The second-order valence-corrected chi connectivity index (χ2v) is 4.76. The van der Waals surface area contributed by atoms with Gasteiger partial charge in [0, 0.05) is 7.05 Å². The second-order valence-electron chi connectivity index (χ2n) is 2.22. The molecular weight excluding hydrogens is 154 g/mol. The number of hydrogen-bond donors (Lipinski definition) is 0. The van der Waals surface area contributed by atoms with Gasteiger partial charge < -0.3 is 0 Å². The highest BCUT2D eigenvalue weighted by molar-refractivity contribution is 7.90. The van der Waals surface area contributed by atoms with E-state index in [0.29, 0.717) is 4.31 Å². The molecule has 0 heterocycles. The van der Waals surface area contributed by atoms with Gasteiger partial charge in [-0.05, 0) is 13.8 Å². The van der Waals surface area contributed by atoms with E-state index >= 15 is 0 Å². The summed E-state index contributed by atoms with van der Waals surface area (Å²) >= 11 is 0. The molecule has 0 aliphatic heterocycles. The van der Waals surface area contributed by atoms with E-state index in [4.69, 9.17) is 0 Å². The lowest BCUT2D eigenvalue weighted by Gasteiger charge is -2.13. The number of rotatable bonds is 3. The highest BCUT2D eigenvalue weighted by Crippen LogP contribution is 2.02. The van der Waals surface area contributed by atoms with E-state index in [1.165, 1.54) is 20.9 Å². The standard InChI is InChI=1S/C5H11NO3S/c1-5(2)10(8,9)6(3)4-7/h4-5H,1-3H3. The lowest BCUT2D eigenvalue weighted by molar-refractivity contribution is -0.113. The van der Waals surface area contributed by atoms with Gasteiger partial charge in [-0.2, -0.15) is 0 Å². The van der Waals surface area contributed by atoms with E-state index in [0.717, 1.165) is 0 Å². The molecule has 1 amide bonds. The van der Waals surface area contributed by atoms with Gasteiger partial charge >= 0.3 is 0 Å². The summed E-state index contributed by atoms with van der Waals surface area (Å²) in [6, 6.07) is 0. The highest BCUT2D eigenvalue weighted by Gasteiger charge is 2.19. The Balaban J connectivity index is 4.58. The molecule has 0 saturated carbocycles. The first-order valence-electron chi connectivity index (χ1n) is 2.85. The summed E-state index contributed by atoms with van der Waals surface area (Å²) < 4.78 is 22.6. The summed E-state index contributed by atoms with van der Waals surface area (Å²) in [6.45, 7) is 3.05. The Labute approximate surface area is 60.9 Å². The van der Waals surface area contributed by atoms with Gasteiger partial charge in [-0.15, -0.1) is 0 Å². The molecule has 0 rings (SSSR count). The van der Waals surface area contributed by atoms with Crippen LogP contribution in [0, 0.1) is 0 Å². The molecule has 0 aromatic carbocycles. The summed E-state index contributed by atoms with van der Waals surface area (Å²) in [5, 5.41) is -0.539. The van der Waals surface area contributed by atoms with Crippen LogP contribution in [0.1, 0.15) is 13.8 Å². The second kappa shape index (κ2) is 3.01. The molecule has 0 spiro atoms. The number of carbonyl (C=O) groups excluding carboxylic acids is 1. The summed E-state index contributed by atoms with van der Waals surface area (Å²) in [5.74, 6) is 0. The van der Waals surface area contributed by atoms with Crippen LogP contribution < -0.4 is 0 Å². The largest absolute Gasteiger partial charge is 0.278 e. The van der Waals surface area contributed by atoms with E-state index < -0.39 is 15.3 Å². The van der Waals surface area contributed by atoms with Crippen LogP contribution in [0.3, 0.4) is 0 Å². The first-order chi connectivity index (χ1) is 4.42. The molecular formula is C5H11NO3S. The molecule has 0 saturated heterocycles. The van der Waals surface area contributed by atoms with Crippen LogP contribution in [0.15, 0.2) is 0 Å². The van der Waals surface area contributed by atoms with Crippen LogP contribution in [0.25, 0.3) is 0 Å². The van der Waals surface area contributed by atoms with Gasteiger partial charge in [0.1, 0.15) is 0 Å². The minimum atomic E-state index is -3.36. The normalized spacial score (nSPS) is 11.6. The number of hydrogen-bond acceptors (Lipinski definition) is 3. The van der Waals surface area contributed by atoms with Crippen molar-refractivity contribution in [2.24, 2.45) is 0 Å². The maximum Gasteiger partial charge on any atom is 0.239 e. The van der Waals surface area contributed by atoms with Crippen molar-refractivity contribution in [3.8, 4) is 0 Å². The van der Waals surface area contributed by atoms with Crippen molar-refractivity contribution in [2.45, 2.75) is 19.1 Å². The zero-order valence-corrected chi connectivity index (χ0v) is 7.05. The molecule has 0 radical (unpaired) electrons. The van der Waals surface area contributed by atoms with Crippen molar-refractivity contribution in [1.82, 2.24) is 4.31 Å². The summed E-state index contributed by atoms with van der Waals surface area (Å²) in [5.41, 5.74) is 0. The average molecular weight is 165 g/mol. The lowest BCUT2D eigenvalue weighted by Crippen LogP contribution is -2.31. The van der Waals surface area contributed by atoms with Crippen molar-refractivity contribution in [1.29, 1.82) is 0 Å². The minimum Gasteiger partial charge on any atom is -0.278 e. The third-order valence-electron chi connectivity index (χ3n) is 1.15. The Morgan fingerprint density at radius 1 is 1.40 bits per heavy atom. The van der Waals surface area contributed by atoms with Gasteiger partial charge in [-0.25, -0.2) is 12.7 Å². The van der Waals surface area contributed by atoms with Gasteiger partial charge in [-0.1, -0.05) is 0 Å². The van der Waals surface area contributed by atoms with Crippen molar-refractivity contribution < 1.29 is 13.2 Å². The monoisotopic (exact) mass is 165 g/mol. The van der Waals surface area contributed by atoms with Gasteiger partial charge in [0.2, 0.25) is 16.4 Å². The number of nitrogens with zero attached hydrogens (tertiary/aromatic N) is 1. The predicted octanol–water partition coefficient (Wildman–Crippen LogP) is -0.187. The quantitative estimate of drug-likeness (QED) is 0.545. The van der Waals surface area contributed by atoms with Gasteiger partial charge in [0.15, 0.2) is 0 Å². The van der Waals surface area contributed by atoms with Crippen LogP contribution in [-0.2, 0) is 14.8 Å². The summed E-state index contributed by atoms with van der Waals surface area (Å²) in [6.07, 6.45) is 0.287. The maximum absolute atomic E-state index is 11.0. The zero-order chi connectivity index (χ0) is 8.36. The Morgan fingerprint density at radius 2 is 1.80 bits per heavy atom. The van der Waals surface area contributed by atoms with E-state index in [2.05, 4.69) is 0 Å². The molecule has 10 heavy (non-hydrogen) atoms. The van der Waals surface area contributed by atoms with Gasteiger partial charge in [-0.3, -0.25) is 4.79 Å². The number of carbonyl (C=O) groups is 1. The SMILES string of the molecule is CC(C)S(=O)(=O)N(C)C=O. The molecule has 60 valence electrons. The molecule has 4 nitrogen and oxygen atoms in total. The third-order valence-corrected chi connectivity index (χ3v) is 3.23. The van der Waals surface area contributed by atoms with E-state index in [9.17, 15) is 13.2 Å². The van der Waals surface area contributed by atoms with E-state index in [-0.39, 0.29) is 6.41 Å². The molecule has 0 aliphatic rings. The first-order valence-corrected chi connectivity index (χ1v) is 4.35. The number of sulfonamides is 1. The van der Waals surface area contributed by atoms with Crippen molar-refractivity contribution in [3.63, 3.8) is 0 Å². The fourth-order valence-electron chi connectivity index (χ4n) is 0.393. The smallest absolute Gasteiger partial charge is 0.239 e. The molecule has 0 N–H and O–H groups in total. The maximum atomic E-state index is 11.0. The minimum absolute atomic E-state index is 0.287. The Hall–Kier alpha value is -0.580. The molecule has 0 fully saturated rings. The van der Waals surface area contributed by atoms with Crippen molar-refractivity contribution in [3.05, 3.63) is 0 Å². The third kappa shape index (κ3) is 1.70. The van der Waals surface area contributed by atoms with Crippen molar-refractivity contribution in [2.75, 3.05) is 7.05 Å². The molecule has 0 unspecified atom stereocenters. The molecule has 5 heteroatoms. The molecule has 0 aromatic rings.